The summed E-state index contributed by atoms with van der Waals surface area (Å²) in [7, 11) is 1.59. The van der Waals surface area contributed by atoms with Gasteiger partial charge in [-0.3, -0.25) is 19.1 Å². The van der Waals surface area contributed by atoms with Crippen LogP contribution in [0.2, 0.25) is 0 Å². The van der Waals surface area contributed by atoms with E-state index in [2.05, 4.69) is 39.5 Å². The molecule has 0 aliphatic carbocycles. The highest BCUT2D eigenvalue weighted by Gasteiger charge is 2.28. The minimum absolute atomic E-state index is 0.0788. The highest BCUT2D eigenvalue weighted by Crippen LogP contribution is 2.29. The molecule has 8 nitrogen and oxygen atoms in total. The molecule has 184 valence electrons. The zero-order valence-electron chi connectivity index (χ0n) is 20.2. The minimum Gasteiger partial charge on any atom is -0.355 e. The van der Waals surface area contributed by atoms with Crippen LogP contribution in [0, 0.1) is 0 Å². The van der Waals surface area contributed by atoms with Gasteiger partial charge in [0.15, 0.2) is 0 Å². The van der Waals surface area contributed by atoms with Gasteiger partial charge in [0.25, 0.3) is 5.91 Å². The summed E-state index contributed by atoms with van der Waals surface area (Å²) >= 11 is 0. The third-order valence-corrected chi connectivity index (χ3v) is 7.61. The molecule has 2 N–H and O–H groups in total. The number of piperidine rings is 2. The van der Waals surface area contributed by atoms with Crippen LogP contribution in [0.5, 0.6) is 0 Å². The molecule has 2 aliphatic rings. The Morgan fingerprint density at radius 2 is 1.69 bits per heavy atom. The summed E-state index contributed by atoms with van der Waals surface area (Å²) in [5.74, 6) is 0.571. The van der Waals surface area contributed by atoms with E-state index in [0.717, 1.165) is 57.4 Å². The minimum atomic E-state index is -0.178. The first-order valence-corrected chi connectivity index (χ1v) is 12.5. The third-order valence-electron chi connectivity index (χ3n) is 7.61. The number of nitrogens with one attached hydrogen (secondary N) is 2. The molecule has 0 atom stereocenters. The Hall–Kier alpha value is -3.39. The van der Waals surface area contributed by atoms with Gasteiger partial charge in [-0.15, -0.1) is 0 Å². The van der Waals surface area contributed by atoms with Crippen molar-refractivity contribution in [1.29, 1.82) is 0 Å². The monoisotopic (exact) mass is 475 g/mol. The summed E-state index contributed by atoms with van der Waals surface area (Å²) in [5, 5.41) is 2.61. The molecule has 0 saturated carbocycles. The molecule has 2 fully saturated rings. The number of hydrogen-bond acceptors (Lipinski definition) is 4. The highest BCUT2D eigenvalue weighted by atomic mass is 16.2. The van der Waals surface area contributed by atoms with Crippen molar-refractivity contribution in [3.05, 3.63) is 70.1 Å². The number of fused-ring (bicyclic) bond motifs is 1. The lowest BCUT2D eigenvalue weighted by Gasteiger charge is -2.36. The normalized spacial score (nSPS) is 18.1. The number of hydrogen-bond donors (Lipinski definition) is 2. The third kappa shape index (κ3) is 4.89. The van der Waals surface area contributed by atoms with Crippen molar-refractivity contribution in [3.8, 4) is 0 Å². The molecule has 5 rings (SSSR count). The van der Waals surface area contributed by atoms with Crippen molar-refractivity contribution < 1.29 is 9.59 Å². The van der Waals surface area contributed by atoms with Crippen LogP contribution in [-0.2, 0) is 4.79 Å². The fourth-order valence-corrected chi connectivity index (χ4v) is 5.59. The lowest BCUT2D eigenvalue weighted by atomic mass is 9.89. The van der Waals surface area contributed by atoms with E-state index in [1.807, 2.05) is 21.6 Å². The van der Waals surface area contributed by atoms with Crippen LogP contribution in [0.15, 0.2) is 53.3 Å². The van der Waals surface area contributed by atoms with Crippen molar-refractivity contribution in [1.82, 2.24) is 24.7 Å². The van der Waals surface area contributed by atoms with Crippen LogP contribution < -0.4 is 11.0 Å². The summed E-state index contributed by atoms with van der Waals surface area (Å²) in [6, 6.07) is 16.0. The standard InChI is InChI=1S/C27H33N5O3/c1-28-26(34)21-7-8-24-23(17-21)29-27(35)32(24)22-11-13-30(14-12-22)18-25(33)31-15-9-20(10-16-31)19-5-3-2-4-6-19/h2-8,17,20,22H,9-16,18H2,1H3,(H,28,34)(H,29,35). The summed E-state index contributed by atoms with van der Waals surface area (Å²) in [5.41, 5.74) is 3.24. The molecule has 2 aliphatic heterocycles. The molecule has 8 heteroatoms. The molecule has 3 heterocycles. The van der Waals surface area contributed by atoms with Gasteiger partial charge in [0.1, 0.15) is 0 Å². The van der Waals surface area contributed by atoms with Crippen LogP contribution in [-0.4, -0.2) is 70.9 Å². The van der Waals surface area contributed by atoms with E-state index in [4.69, 9.17) is 0 Å². The molecule has 1 aromatic heterocycles. The molecule has 35 heavy (non-hydrogen) atoms. The maximum atomic E-state index is 13.0. The molecule has 2 saturated heterocycles. The second kappa shape index (κ2) is 10.1. The Kier molecular flexibility index (Phi) is 6.72. The topological polar surface area (TPSA) is 90.4 Å². The molecular formula is C27H33N5O3. The number of aromatic amines is 1. The summed E-state index contributed by atoms with van der Waals surface area (Å²) in [6.07, 6.45) is 3.66. The smallest absolute Gasteiger partial charge is 0.326 e. The molecule has 0 unspecified atom stereocenters. The fourth-order valence-electron chi connectivity index (χ4n) is 5.59. The van der Waals surface area contributed by atoms with Crippen LogP contribution >= 0.6 is 0 Å². The fraction of sp³-hybridized carbons (Fsp3) is 0.444. The van der Waals surface area contributed by atoms with Gasteiger partial charge in [0.2, 0.25) is 5.91 Å². The van der Waals surface area contributed by atoms with Crippen LogP contribution in [0.4, 0.5) is 0 Å². The number of likely N-dealkylation sites (tertiary alicyclic amines) is 2. The Balaban J connectivity index is 1.16. The van der Waals surface area contributed by atoms with Gasteiger partial charge in [-0.05, 0) is 55.4 Å². The Labute approximate surface area is 204 Å². The maximum Gasteiger partial charge on any atom is 0.326 e. The number of rotatable bonds is 5. The van der Waals surface area contributed by atoms with Gasteiger partial charge in [-0.25, -0.2) is 4.79 Å². The molecule has 0 spiro atoms. The average Bonchev–Trinajstić information content (AvgIpc) is 3.24. The van der Waals surface area contributed by atoms with E-state index < -0.39 is 0 Å². The van der Waals surface area contributed by atoms with Crippen LogP contribution in [0.25, 0.3) is 11.0 Å². The number of carbonyl (C=O) groups excluding carboxylic acids is 2. The SMILES string of the molecule is CNC(=O)c1ccc2c(c1)[nH]c(=O)n2C1CCN(CC(=O)N2CCC(c3ccccc3)CC2)CC1. The average molecular weight is 476 g/mol. The van der Waals surface area contributed by atoms with Crippen LogP contribution in [0.1, 0.15) is 53.6 Å². The largest absolute Gasteiger partial charge is 0.355 e. The molecule has 0 bridgehead atoms. The second-order valence-corrected chi connectivity index (χ2v) is 9.68. The van der Waals surface area contributed by atoms with Crippen molar-refractivity contribution in [2.75, 3.05) is 39.8 Å². The van der Waals surface area contributed by atoms with E-state index in [1.54, 1.807) is 19.2 Å². The summed E-state index contributed by atoms with van der Waals surface area (Å²) < 4.78 is 1.82. The van der Waals surface area contributed by atoms with Gasteiger partial charge in [-0.2, -0.15) is 0 Å². The summed E-state index contributed by atoms with van der Waals surface area (Å²) in [6.45, 7) is 3.65. The predicted molar refractivity (Wildman–Crippen MR) is 136 cm³/mol. The van der Waals surface area contributed by atoms with Crippen molar-refractivity contribution in [2.45, 2.75) is 37.6 Å². The van der Waals surface area contributed by atoms with Crippen molar-refractivity contribution in [2.24, 2.45) is 0 Å². The van der Waals surface area contributed by atoms with E-state index >= 15 is 0 Å². The van der Waals surface area contributed by atoms with Gasteiger partial charge in [0.05, 0.1) is 17.6 Å². The number of imidazole rings is 1. The number of aromatic nitrogens is 2. The molecular weight excluding hydrogens is 442 g/mol. The molecule has 2 amide bonds. The Morgan fingerprint density at radius 3 is 2.37 bits per heavy atom. The molecule has 2 aromatic carbocycles. The predicted octanol–water partition coefficient (Wildman–Crippen LogP) is 2.73. The lowest BCUT2D eigenvalue weighted by Crippen LogP contribution is -2.46. The molecule has 3 aromatic rings. The maximum absolute atomic E-state index is 13.0. The van der Waals surface area contributed by atoms with Crippen LogP contribution in [0.3, 0.4) is 0 Å². The highest BCUT2D eigenvalue weighted by molar-refractivity contribution is 5.97. The quantitative estimate of drug-likeness (QED) is 0.594. The number of amides is 2. The first-order valence-electron chi connectivity index (χ1n) is 12.5. The van der Waals surface area contributed by atoms with Crippen molar-refractivity contribution in [3.63, 3.8) is 0 Å². The number of carbonyl (C=O) groups is 2. The summed E-state index contributed by atoms with van der Waals surface area (Å²) in [4.78, 5) is 44.7. The molecule has 0 radical (unpaired) electrons. The van der Waals surface area contributed by atoms with Crippen molar-refractivity contribution >= 4 is 22.8 Å². The number of benzene rings is 2. The number of nitrogens with zero attached hydrogens (tertiary/aromatic N) is 3. The van der Waals surface area contributed by atoms with Gasteiger partial charge in [-0.1, -0.05) is 30.3 Å². The van der Waals surface area contributed by atoms with Gasteiger partial charge < -0.3 is 15.2 Å². The Bertz CT molecular complexity index is 1250. The Morgan fingerprint density at radius 1 is 0.971 bits per heavy atom. The lowest BCUT2D eigenvalue weighted by molar-refractivity contribution is -0.133. The number of H-pyrrole nitrogens is 1. The zero-order chi connectivity index (χ0) is 24.4. The van der Waals surface area contributed by atoms with E-state index in [-0.39, 0.29) is 23.5 Å². The van der Waals surface area contributed by atoms with E-state index in [1.165, 1.54) is 5.56 Å². The van der Waals surface area contributed by atoms with E-state index in [0.29, 0.717) is 23.5 Å². The first-order chi connectivity index (χ1) is 17.0. The van der Waals surface area contributed by atoms with E-state index in [9.17, 15) is 14.4 Å². The first kappa shape index (κ1) is 23.4. The van der Waals surface area contributed by atoms with Gasteiger partial charge in [0, 0.05) is 44.8 Å². The van der Waals surface area contributed by atoms with Gasteiger partial charge >= 0.3 is 5.69 Å². The zero-order valence-corrected chi connectivity index (χ0v) is 20.2. The second-order valence-electron chi connectivity index (χ2n) is 9.68.